The molecule has 0 fully saturated rings. The molecular formula is C8H14N2. The van der Waals surface area contributed by atoms with Gasteiger partial charge in [0.15, 0.2) is 0 Å². The third-order valence-corrected chi connectivity index (χ3v) is 0.949. The van der Waals surface area contributed by atoms with Gasteiger partial charge in [-0.1, -0.05) is 19.9 Å². The van der Waals surface area contributed by atoms with Gasteiger partial charge in [-0.3, -0.25) is 5.41 Å². The maximum atomic E-state index is 6.63. The Labute approximate surface area is 62.2 Å². The molecule has 0 bridgehead atoms. The Hall–Kier alpha value is -0.920. The zero-order valence-corrected chi connectivity index (χ0v) is 6.76. The second-order valence-corrected chi connectivity index (χ2v) is 2.56. The molecule has 10 heavy (non-hydrogen) atoms. The summed E-state index contributed by atoms with van der Waals surface area (Å²) in [6.07, 6.45) is 4.83. The maximum Gasteiger partial charge on any atom is 0.106 e. The van der Waals surface area contributed by atoms with Gasteiger partial charge < -0.3 is 0 Å². The fraction of sp³-hybridized carbons (Fsp3) is 0.500. The van der Waals surface area contributed by atoms with Crippen molar-refractivity contribution < 1.29 is 0 Å². The highest BCUT2D eigenvalue weighted by atomic mass is 14.7. The van der Waals surface area contributed by atoms with E-state index in [2.05, 4.69) is 24.9 Å². The quantitative estimate of drug-likeness (QED) is 0.459. The number of aliphatic imine (C=N–C) groups is 1. The molecule has 0 unspecified atom stereocenters. The third kappa shape index (κ3) is 5.22. The van der Waals surface area contributed by atoms with E-state index in [0.717, 1.165) is 11.9 Å². The van der Waals surface area contributed by atoms with Crippen LogP contribution in [0.4, 0.5) is 0 Å². The molecule has 1 N–H and O–H groups in total. The first-order valence-corrected chi connectivity index (χ1v) is 3.37. The molecule has 0 aromatic carbocycles. The number of nitrogens with zero attached hydrogens (tertiary/aromatic N) is 1. The molecule has 0 saturated heterocycles. The first-order chi connectivity index (χ1) is 4.66. The number of hydrogen-bond acceptors (Lipinski definition) is 1. The molecule has 0 aromatic rings. The van der Waals surface area contributed by atoms with E-state index < -0.39 is 0 Å². The minimum Gasteiger partial charge on any atom is -0.290 e. The predicted octanol–water partition coefficient (Wildman–Crippen LogP) is 2.27. The van der Waals surface area contributed by atoms with Crippen LogP contribution in [-0.2, 0) is 0 Å². The molecular weight excluding hydrogens is 124 g/mol. The van der Waals surface area contributed by atoms with Gasteiger partial charge in [0.1, 0.15) is 6.34 Å². The van der Waals surface area contributed by atoms with E-state index in [-0.39, 0.29) is 0 Å². The summed E-state index contributed by atoms with van der Waals surface area (Å²) in [7, 11) is 0. The zero-order valence-electron chi connectivity index (χ0n) is 6.76. The van der Waals surface area contributed by atoms with Gasteiger partial charge in [-0.2, -0.15) is 0 Å². The lowest BCUT2D eigenvalue weighted by atomic mass is 10.1. The molecule has 0 atom stereocenters. The Balaban J connectivity index is 3.93. The predicted molar refractivity (Wildman–Crippen MR) is 45.9 cm³/mol. The fourth-order valence-corrected chi connectivity index (χ4v) is 0.724. The molecule has 2 heteroatoms. The number of allylic oxidation sites excluding steroid dienone is 2. The van der Waals surface area contributed by atoms with E-state index in [1.165, 1.54) is 0 Å². The summed E-state index contributed by atoms with van der Waals surface area (Å²) in [5.74, 6) is 0.553. The van der Waals surface area contributed by atoms with Crippen molar-refractivity contribution >= 4 is 12.6 Å². The third-order valence-electron chi connectivity index (χ3n) is 0.949. The molecule has 0 aliphatic carbocycles. The lowest BCUT2D eigenvalue weighted by molar-refractivity contribution is 0.827. The van der Waals surface area contributed by atoms with Crippen molar-refractivity contribution in [2.24, 2.45) is 10.9 Å². The SMILES string of the molecule is C/C(C=NC=N)=C/C(C)C. The van der Waals surface area contributed by atoms with Crippen molar-refractivity contribution in [3.8, 4) is 0 Å². The Morgan fingerprint density at radius 2 is 2.10 bits per heavy atom. The van der Waals surface area contributed by atoms with E-state index >= 15 is 0 Å². The summed E-state index contributed by atoms with van der Waals surface area (Å²) < 4.78 is 0. The highest BCUT2D eigenvalue weighted by Gasteiger charge is 1.86. The van der Waals surface area contributed by atoms with Crippen molar-refractivity contribution in [1.82, 2.24) is 0 Å². The van der Waals surface area contributed by atoms with E-state index in [9.17, 15) is 0 Å². The molecule has 0 amide bonds. The van der Waals surface area contributed by atoms with Crippen LogP contribution in [0.15, 0.2) is 16.6 Å². The second-order valence-electron chi connectivity index (χ2n) is 2.56. The normalized spacial score (nSPS) is 13.0. The Kier molecular flexibility index (Phi) is 4.46. The largest absolute Gasteiger partial charge is 0.290 e. The van der Waals surface area contributed by atoms with Crippen molar-refractivity contribution in [2.45, 2.75) is 20.8 Å². The van der Waals surface area contributed by atoms with Gasteiger partial charge in [-0.15, -0.1) is 0 Å². The van der Waals surface area contributed by atoms with Crippen LogP contribution in [-0.4, -0.2) is 12.6 Å². The molecule has 2 nitrogen and oxygen atoms in total. The smallest absolute Gasteiger partial charge is 0.106 e. The van der Waals surface area contributed by atoms with Crippen LogP contribution in [0.3, 0.4) is 0 Å². The van der Waals surface area contributed by atoms with Crippen LogP contribution in [0, 0.1) is 11.3 Å². The lowest BCUT2D eigenvalue weighted by Gasteiger charge is -1.94. The second kappa shape index (κ2) is 4.91. The summed E-state index contributed by atoms with van der Waals surface area (Å²) in [4.78, 5) is 3.67. The van der Waals surface area contributed by atoms with E-state index in [1.54, 1.807) is 6.21 Å². The maximum absolute atomic E-state index is 6.63. The van der Waals surface area contributed by atoms with Gasteiger partial charge in [-0.25, -0.2) is 4.99 Å². The lowest BCUT2D eigenvalue weighted by Crippen LogP contribution is -1.84. The van der Waals surface area contributed by atoms with Crippen molar-refractivity contribution in [3.05, 3.63) is 11.6 Å². The van der Waals surface area contributed by atoms with Gasteiger partial charge >= 0.3 is 0 Å². The van der Waals surface area contributed by atoms with Gasteiger partial charge in [0, 0.05) is 6.21 Å². The Morgan fingerprint density at radius 3 is 2.50 bits per heavy atom. The molecule has 0 heterocycles. The summed E-state index contributed by atoms with van der Waals surface area (Å²) in [6, 6.07) is 0. The van der Waals surface area contributed by atoms with Crippen LogP contribution in [0.25, 0.3) is 0 Å². The Bertz CT molecular complexity index is 155. The van der Waals surface area contributed by atoms with Gasteiger partial charge in [0.05, 0.1) is 0 Å². The van der Waals surface area contributed by atoms with Crippen LogP contribution in [0.1, 0.15) is 20.8 Å². The summed E-state index contributed by atoms with van der Waals surface area (Å²) >= 11 is 0. The van der Waals surface area contributed by atoms with Crippen molar-refractivity contribution in [3.63, 3.8) is 0 Å². The standard InChI is InChI=1S/C8H14N2/c1-7(2)4-8(3)5-10-6-9/h4-7,9H,1-3H3/b8-4-,9-6?,10-5?. The average Bonchev–Trinajstić information content (AvgIpc) is 1.82. The molecule has 0 aliphatic rings. The monoisotopic (exact) mass is 138 g/mol. The summed E-state index contributed by atoms with van der Waals surface area (Å²) in [6.45, 7) is 6.20. The number of nitrogens with one attached hydrogen (secondary N) is 1. The van der Waals surface area contributed by atoms with E-state index in [1.807, 2.05) is 6.92 Å². The molecule has 0 aliphatic heterocycles. The highest BCUT2D eigenvalue weighted by Crippen LogP contribution is 1.98. The Morgan fingerprint density at radius 1 is 1.50 bits per heavy atom. The molecule has 0 radical (unpaired) electrons. The van der Waals surface area contributed by atoms with Crippen LogP contribution in [0.5, 0.6) is 0 Å². The van der Waals surface area contributed by atoms with Crippen LogP contribution >= 0.6 is 0 Å². The molecule has 0 spiro atoms. The molecule has 0 aromatic heterocycles. The van der Waals surface area contributed by atoms with Gasteiger partial charge in [-0.05, 0) is 18.4 Å². The van der Waals surface area contributed by atoms with Crippen molar-refractivity contribution in [1.29, 1.82) is 5.41 Å². The highest BCUT2D eigenvalue weighted by molar-refractivity contribution is 5.83. The minimum atomic E-state index is 0.553. The number of hydrogen-bond donors (Lipinski definition) is 1. The summed E-state index contributed by atoms with van der Waals surface area (Å²) in [5, 5.41) is 6.63. The van der Waals surface area contributed by atoms with Gasteiger partial charge in [0.25, 0.3) is 0 Å². The molecule has 0 rings (SSSR count). The van der Waals surface area contributed by atoms with Crippen LogP contribution < -0.4 is 0 Å². The molecule has 0 saturated carbocycles. The minimum absolute atomic E-state index is 0.553. The van der Waals surface area contributed by atoms with E-state index in [4.69, 9.17) is 5.41 Å². The summed E-state index contributed by atoms with van der Waals surface area (Å²) in [5.41, 5.74) is 1.11. The van der Waals surface area contributed by atoms with Crippen LogP contribution in [0.2, 0.25) is 0 Å². The van der Waals surface area contributed by atoms with Gasteiger partial charge in [0.2, 0.25) is 0 Å². The first-order valence-electron chi connectivity index (χ1n) is 3.37. The fourth-order valence-electron chi connectivity index (χ4n) is 0.724. The average molecular weight is 138 g/mol. The van der Waals surface area contributed by atoms with E-state index in [0.29, 0.717) is 5.92 Å². The first kappa shape index (κ1) is 9.08. The topological polar surface area (TPSA) is 36.2 Å². The zero-order chi connectivity index (χ0) is 7.98. The van der Waals surface area contributed by atoms with Crippen molar-refractivity contribution in [2.75, 3.05) is 0 Å². The number of rotatable bonds is 3. The molecule has 56 valence electrons.